The predicted molar refractivity (Wildman–Crippen MR) is 132 cm³/mol. The second-order valence-corrected chi connectivity index (χ2v) is 9.09. The Morgan fingerprint density at radius 2 is 1.07 bits per heavy atom. The van der Waals surface area contributed by atoms with Gasteiger partial charge in [0.05, 0.1) is 6.04 Å². The minimum absolute atomic E-state index is 0.566. The fourth-order valence-corrected chi connectivity index (χ4v) is 4.51. The first kappa shape index (κ1) is 26.1. The number of rotatable bonds is 20. The standard InChI is InChI=1S/C28H51N/c1-4-6-7-8-9-10-11-12-13-14-15-16-17-18-19-20-24-28(27(3)23-5-2)29-25-21-22-26-29/h21-23,25-26,28H,4-20,24H2,1-3H3. The van der Waals surface area contributed by atoms with Crippen molar-refractivity contribution in [1.29, 1.82) is 0 Å². The van der Waals surface area contributed by atoms with Crippen LogP contribution in [-0.2, 0) is 0 Å². The summed E-state index contributed by atoms with van der Waals surface area (Å²) in [5.74, 6) is 0. The van der Waals surface area contributed by atoms with Crippen molar-refractivity contribution in [1.82, 2.24) is 4.57 Å². The second-order valence-electron chi connectivity index (χ2n) is 9.09. The normalized spacial score (nSPS) is 13.1. The highest BCUT2D eigenvalue weighted by atomic mass is 15.0. The molecule has 1 heteroatoms. The van der Waals surface area contributed by atoms with Crippen LogP contribution in [0.25, 0.3) is 0 Å². The average molecular weight is 402 g/mol. The molecule has 0 amide bonds. The topological polar surface area (TPSA) is 4.93 Å². The highest BCUT2D eigenvalue weighted by molar-refractivity contribution is 5.09. The van der Waals surface area contributed by atoms with Gasteiger partial charge < -0.3 is 4.57 Å². The lowest BCUT2D eigenvalue weighted by molar-refractivity contribution is 0.481. The summed E-state index contributed by atoms with van der Waals surface area (Å²) in [5, 5.41) is 0. The van der Waals surface area contributed by atoms with Crippen molar-refractivity contribution >= 4 is 0 Å². The molecule has 0 N–H and O–H groups in total. The molecule has 1 atom stereocenters. The van der Waals surface area contributed by atoms with Crippen LogP contribution in [-0.4, -0.2) is 4.57 Å². The van der Waals surface area contributed by atoms with Crippen LogP contribution in [0.3, 0.4) is 0 Å². The quantitative estimate of drug-likeness (QED) is 0.151. The number of aromatic nitrogens is 1. The zero-order chi connectivity index (χ0) is 21.0. The molecule has 1 aromatic heterocycles. The first-order chi connectivity index (χ1) is 14.3. The maximum atomic E-state index is 2.40. The Morgan fingerprint density at radius 3 is 1.48 bits per heavy atom. The lowest BCUT2D eigenvalue weighted by Gasteiger charge is -2.20. The summed E-state index contributed by atoms with van der Waals surface area (Å²) in [6, 6.07) is 4.87. The van der Waals surface area contributed by atoms with Crippen LogP contribution in [0, 0.1) is 0 Å². The zero-order valence-corrected chi connectivity index (χ0v) is 20.1. The van der Waals surface area contributed by atoms with Gasteiger partial charge in [-0.15, -0.1) is 0 Å². The van der Waals surface area contributed by atoms with Crippen LogP contribution in [0.15, 0.2) is 36.2 Å². The van der Waals surface area contributed by atoms with Crippen LogP contribution < -0.4 is 0 Å². The monoisotopic (exact) mass is 401 g/mol. The van der Waals surface area contributed by atoms with Crippen molar-refractivity contribution in [3.05, 3.63) is 36.2 Å². The average Bonchev–Trinajstić information content (AvgIpc) is 3.25. The summed E-state index contributed by atoms with van der Waals surface area (Å²) in [5.41, 5.74) is 1.53. The van der Waals surface area contributed by atoms with Crippen molar-refractivity contribution in [2.75, 3.05) is 0 Å². The zero-order valence-electron chi connectivity index (χ0n) is 20.1. The van der Waals surface area contributed by atoms with E-state index in [2.05, 4.69) is 55.9 Å². The van der Waals surface area contributed by atoms with Crippen molar-refractivity contribution < 1.29 is 0 Å². The molecule has 168 valence electrons. The summed E-state index contributed by atoms with van der Waals surface area (Å²) >= 11 is 0. The van der Waals surface area contributed by atoms with E-state index in [1.807, 2.05) is 0 Å². The van der Waals surface area contributed by atoms with Crippen LogP contribution in [0.4, 0.5) is 0 Å². The number of unbranched alkanes of at least 4 members (excludes halogenated alkanes) is 15. The van der Waals surface area contributed by atoms with Crippen molar-refractivity contribution in [2.45, 2.75) is 142 Å². The Labute approximate surface area is 183 Å². The molecule has 0 saturated carbocycles. The molecule has 29 heavy (non-hydrogen) atoms. The molecule has 1 aromatic rings. The summed E-state index contributed by atoms with van der Waals surface area (Å²) in [6.45, 7) is 6.85. The van der Waals surface area contributed by atoms with E-state index in [4.69, 9.17) is 0 Å². The first-order valence-electron chi connectivity index (χ1n) is 13.1. The molecule has 1 nitrogen and oxygen atoms in total. The lowest BCUT2D eigenvalue weighted by Crippen LogP contribution is -2.08. The van der Waals surface area contributed by atoms with E-state index < -0.39 is 0 Å². The molecule has 0 aromatic carbocycles. The smallest absolute Gasteiger partial charge is 0.0537 e. The highest BCUT2D eigenvalue weighted by Crippen LogP contribution is 2.25. The Hall–Kier alpha value is -0.980. The van der Waals surface area contributed by atoms with Crippen molar-refractivity contribution in [3.63, 3.8) is 0 Å². The Morgan fingerprint density at radius 1 is 0.655 bits per heavy atom. The van der Waals surface area contributed by atoms with Gasteiger partial charge in [0, 0.05) is 12.4 Å². The third-order valence-corrected chi connectivity index (χ3v) is 6.37. The summed E-state index contributed by atoms with van der Waals surface area (Å²) < 4.78 is 2.40. The van der Waals surface area contributed by atoms with Gasteiger partial charge in [0.1, 0.15) is 0 Å². The van der Waals surface area contributed by atoms with Crippen LogP contribution >= 0.6 is 0 Å². The van der Waals surface area contributed by atoms with Gasteiger partial charge in [-0.05, 0) is 31.9 Å². The van der Waals surface area contributed by atoms with E-state index in [-0.39, 0.29) is 0 Å². The molecular weight excluding hydrogens is 350 g/mol. The number of nitrogens with zero attached hydrogens (tertiary/aromatic N) is 1. The van der Waals surface area contributed by atoms with Crippen LogP contribution in [0.1, 0.15) is 142 Å². The molecule has 0 fully saturated rings. The van der Waals surface area contributed by atoms with Gasteiger partial charge in [-0.1, -0.05) is 128 Å². The maximum Gasteiger partial charge on any atom is 0.0537 e. The summed E-state index contributed by atoms with van der Waals surface area (Å²) in [6.07, 6.45) is 32.4. The van der Waals surface area contributed by atoms with Crippen LogP contribution in [0.5, 0.6) is 0 Å². The van der Waals surface area contributed by atoms with E-state index in [1.165, 1.54) is 115 Å². The minimum atomic E-state index is 0.566. The molecular formula is C28H51N. The number of hydrogen-bond donors (Lipinski definition) is 0. The largest absolute Gasteiger partial charge is 0.347 e. The molecule has 1 unspecified atom stereocenters. The van der Waals surface area contributed by atoms with E-state index in [9.17, 15) is 0 Å². The SMILES string of the molecule is CCC=C(C)C(CCCCCCCCCCCCCCCCCC)n1cccc1. The predicted octanol–water partition coefficient (Wildman–Crippen LogP) is 10.0. The number of hydrogen-bond acceptors (Lipinski definition) is 0. The molecule has 1 heterocycles. The van der Waals surface area contributed by atoms with Crippen molar-refractivity contribution in [2.24, 2.45) is 0 Å². The molecule has 0 aliphatic carbocycles. The van der Waals surface area contributed by atoms with E-state index >= 15 is 0 Å². The van der Waals surface area contributed by atoms with Gasteiger partial charge in [0.15, 0.2) is 0 Å². The van der Waals surface area contributed by atoms with Gasteiger partial charge in [-0.2, -0.15) is 0 Å². The molecule has 0 radical (unpaired) electrons. The molecule has 0 aliphatic rings. The van der Waals surface area contributed by atoms with Gasteiger partial charge in [0.25, 0.3) is 0 Å². The lowest BCUT2D eigenvalue weighted by atomic mass is 9.99. The fourth-order valence-electron chi connectivity index (χ4n) is 4.51. The maximum absolute atomic E-state index is 2.40. The van der Waals surface area contributed by atoms with Gasteiger partial charge in [-0.25, -0.2) is 0 Å². The molecule has 0 spiro atoms. The summed E-state index contributed by atoms with van der Waals surface area (Å²) in [7, 11) is 0. The second kappa shape index (κ2) is 19.0. The van der Waals surface area contributed by atoms with Crippen LogP contribution in [0.2, 0.25) is 0 Å². The van der Waals surface area contributed by atoms with Gasteiger partial charge >= 0.3 is 0 Å². The van der Waals surface area contributed by atoms with E-state index in [1.54, 1.807) is 0 Å². The van der Waals surface area contributed by atoms with E-state index in [0.29, 0.717) is 6.04 Å². The Balaban J connectivity index is 1.93. The molecule has 0 saturated heterocycles. The van der Waals surface area contributed by atoms with Gasteiger partial charge in [-0.3, -0.25) is 0 Å². The minimum Gasteiger partial charge on any atom is -0.347 e. The molecule has 0 bridgehead atoms. The Kier molecular flexibility index (Phi) is 17.1. The molecule has 0 aliphatic heterocycles. The third-order valence-electron chi connectivity index (χ3n) is 6.37. The fraction of sp³-hybridized carbons (Fsp3) is 0.786. The molecule has 1 rings (SSSR count). The van der Waals surface area contributed by atoms with Crippen molar-refractivity contribution in [3.8, 4) is 0 Å². The first-order valence-corrected chi connectivity index (χ1v) is 13.1. The summed E-state index contributed by atoms with van der Waals surface area (Å²) in [4.78, 5) is 0. The van der Waals surface area contributed by atoms with E-state index in [0.717, 1.165) is 6.42 Å². The number of allylic oxidation sites excluding steroid dienone is 2. The highest BCUT2D eigenvalue weighted by Gasteiger charge is 2.11. The van der Waals surface area contributed by atoms with Gasteiger partial charge in [0.2, 0.25) is 0 Å². The third kappa shape index (κ3) is 13.8. The Bertz CT molecular complexity index is 471.